The van der Waals surface area contributed by atoms with Gasteiger partial charge >= 0.3 is 0 Å². The van der Waals surface area contributed by atoms with E-state index in [2.05, 4.69) is 10.3 Å². The Labute approximate surface area is 105 Å². The number of aliphatic hydroxyl groups is 1. The summed E-state index contributed by atoms with van der Waals surface area (Å²) >= 11 is 0. The molecule has 1 rings (SSSR count). The summed E-state index contributed by atoms with van der Waals surface area (Å²) in [5.74, 6) is -0.437. The largest absolute Gasteiger partial charge is 0.506 e. The van der Waals surface area contributed by atoms with Crippen LogP contribution in [0.2, 0.25) is 0 Å². The Morgan fingerprint density at radius 1 is 1.44 bits per heavy atom. The first-order chi connectivity index (χ1) is 8.35. The van der Waals surface area contributed by atoms with Gasteiger partial charge in [-0.15, -0.1) is 0 Å². The first-order valence-electron chi connectivity index (χ1n) is 5.28. The zero-order chi connectivity index (χ0) is 13.8. The van der Waals surface area contributed by atoms with E-state index in [0.29, 0.717) is 16.8 Å². The smallest absolute Gasteiger partial charge is 0.266 e. The molecule has 0 aliphatic carbocycles. The van der Waals surface area contributed by atoms with Crippen molar-refractivity contribution in [2.24, 2.45) is 0 Å². The molecule has 102 valence electrons. The third-order valence-electron chi connectivity index (χ3n) is 2.44. The summed E-state index contributed by atoms with van der Waals surface area (Å²) in [6.45, 7) is 1.58. The molecule has 0 fully saturated rings. The van der Waals surface area contributed by atoms with E-state index >= 15 is 0 Å². The third kappa shape index (κ3) is 4.22. The average Bonchev–Trinajstić information content (AvgIpc) is 2.28. The topological polar surface area (TPSA) is 120 Å². The molecule has 0 spiro atoms. The maximum absolute atomic E-state index is 10.5. The van der Waals surface area contributed by atoms with Gasteiger partial charge in [0.15, 0.2) is 0 Å². The molecule has 0 radical (unpaired) electrons. The molecule has 1 heterocycles. The summed E-state index contributed by atoms with van der Waals surface area (Å²) < 4.78 is 29.6. The van der Waals surface area contributed by atoms with Crippen molar-refractivity contribution in [2.45, 2.75) is 20.1 Å². The number of hydrogen-bond acceptors (Lipinski definition) is 6. The van der Waals surface area contributed by atoms with Crippen LogP contribution in [0, 0.1) is 6.92 Å². The molecule has 0 aliphatic heterocycles. The van der Waals surface area contributed by atoms with Crippen LogP contribution in [0.1, 0.15) is 16.8 Å². The fourth-order valence-corrected chi connectivity index (χ4v) is 1.83. The van der Waals surface area contributed by atoms with Crippen LogP contribution in [0.25, 0.3) is 0 Å². The maximum atomic E-state index is 10.5. The molecular weight excluding hydrogens is 260 g/mol. The van der Waals surface area contributed by atoms with Crippen LogP contribution in [0.15, 0.2) is 6.20 Å². The van der Waals surface area contributed by atoms with Gasteiger partial charge in [0.1, 0.15) is 5.75 Å². The van der Waals surface area contributed by atoms with Crippen molar-refractivity contribution in [1.29, 1.82) is 0 Å². The van der Waals surface area contributed by atoms with Gasteiger partial charge in [0.05, 0.1) is 18.1 Å². The van der Waals surface area contributed by atoms with Crippen LogP contribution in [-0.2, 0) is 23.3 Å². The van der Waals surface area contributed by atoms with Gasteiger partial charge in [0.25, 0.3) is 10.1 Å². The molecule has 7 nitrogen and oxygen atoms in total. The molecule has 0 amide bonds. The molecule has 1 aromatic heterocycles. The molecule has 18 heavy (non-hydrogen) atoms. The lowest BCUT2D eigenvalue weighted by molar-refractivity contribution is 0.278. The summed E-state index contributed by atoms with van der Waals surface area (Å²) in [6, 6.07) is 0. The predicted molar refractivity (Wildman–Crippen MR) is 64.7 cm³/mol. The normalized spacial score (nSPS) is 11.7. The molecule has 0 bridgehead atoms. The van der Waals surface area contributed by atoms with Crippen LogP contribution < -0.4 is 5.32 Å². The molecule has 0 atom stereocenters. The van der Waals surface area contributed by atoms with Crippen molar-refractivity contribution in [2.75, 3.05) is 12.3 Å². The third-order valence-corrected chi connectivity index (χ3v) is 3.16. The zero-order valence-electron chi connectivity index (χ0n) is 9.92. The average molecular weight is 276 g/mol. The molecule has 0 aliphatic rings. The van der Waals surface area contributed by atoms with Crippen molar-refractivity contribution in [3.8, 4) is 5.75 Å². The number of aliphatic hydroxyl groups excluding tert-OH is 1. The summed E-state index contributed by atoms with van der Waals surface area (Å²) in [7, 11) is -4.00. The number of pyridine rings is 1. The Kier molecular flexibility index (Phi) is 5.03. The van der Waals surface area contributed by atoms with Gasteiger partial charge in [0, 0.05) is 30.4 Å². The Morgan fingerprint density at radius 2 is 2.11 bits per heavy atom. The minimum absolute atomic E-state index is 0.0269. The highest BCUT2D eigenvalue weighted by atomic mass is 32.2. The fraction of sp³-hybridized carbons (Fsp3) is 0.500. The maximum Gasteiger partial charge on any atom is 0.266 e. The van der Waals surface area contributed by atoms with E-state index in [1.807, 2.05) is 0 Å². The van der Waals surface area contributed by atoms with Crippen LogP contribution in [0.3, 0.4) is 0 Å². The van der Waals surface area contributed by atoms with E-state index in [9.17, 15) is 13.5 Å². The Hall–Kier alpha value is -1.22. The zero-order valence-corrected chi connectivity index (χ0v) is 10.7. The van der Waals surface area contributed by atoms with E-state index in [4.69, 9.17) is 9.66 Å². The Morgan fingerprint density at radius 3 is 2.67 bits per heavy atom. The highest BCUT2D eigenvalue weighted by Gasteiger charge is 2.11. The van der Waals surface area contributed by atoms with Gasteiger partial charge in [-0.1, -0.05) is 0 Å². The van der Waals surface area contributed by atoms with Crippen LogP contribution in [-0.4, -0.2) is 40.5 Å². The first-order valence-corrected chi connectivity index (χ1v) is 6.89. The number of nitrogens with one attached hydrogen (secondary N) is 1. The minimum atomic E-state index is -4.00. The number of aromatic hydroxyl groups is 1. The molecular formula is C10H16N2O5S. The lowest BCUT2D eigenvalue weighted by Crippen LogP contribution is -2.23. The van der Waals surface area contributed by atoms with Crippen molar-refractivity contribution in [3.05, 3.63) is 23.0 Å². The van der Waals surface area contributed by atoms with Gasteiger partial charge in [-0.25, -0.2) is 0 Å². The van der Waals surface area contributed by atoms with E-state index in [0.717, 1.165) is 0 Å². The standard InChI is InChI=1S/C10H16N2O5S/c1-7-10(14)9(8(6-13)4-12-7)5-11-2-3-18(15,16)17/h4,11,13-14H,2-3,5-6H2,1H3,(H,15,16,17). The first kappa shape index (κ1) is 14.8. The highest BCUT2D eigenvalue weighted by molar-refractivity contribution is 7.85. The number of aryl methyl sites for hydroxylation is 1. The van der Waals surface area contributed by atoms with E-state index in [-0.39, 0.29) is 25.4 Å². The van der Waals surface area contributed by atoms with E-state index < -0.39 is 15.9 Å². The summed E-state index contributed by atoms with van der Waals surface area (Å²) in [4.78, 5) is 3.90. The highest BCUT2D eigenvalue weighted by Crippen LogP contribution is 2.23. The van der Waals surface area contributed by atoms with Gasteiger partial charge < -0.3 is 15.5 Å². The van der Waals surface area contributed by atoms with E-state index in [1.54, 1.807) is 6.92 Å². The molecule has 8 heteroatoms. The molecule has 0 unspecified atom stereocenters. The van der Waals surface area contributed by atoms with Crippen LogP contribution in [0.4, 0.5) is 0 Å². The number of nitrogens with zero attached hydrogens (tertiary/aromatic N) is 1. The van der Waals surface area contributed by atoms with Crippen molar-refractivity contribution >= 4 is 10.1 Å². The SMILES string of the molecule is Cc1ncc(CO)c(CNCCS(=O)(=O)O)c1O. The molecule has 1 aromatic rings. The lowest BCUT2D eigenvalue weighted by Gasteiger charge is -2.11. The van der Waals surface area contributed by atoms with E-state index in [1.165, 1.54) is 6.20 Å². The fourth-order valence-electron chi connectivity index (χ4n) is 1.43. The quantitative estimate of drug-likeness (QED) is 0.411. The number of aromatic nitrogens is 1. The van der Waals surface area contributed by atoms with Gasteiger partial charge in [-0.3, -0.25) is 9.54 Å². The second-order valence-electron chi connectivity index (χ2n) is 3.82. The second-order valence-corrected chi connectivity index (χ2v) is 5.39. The number of hydrogen-bond donors (Lipinski definition) is 4. The van der Waals surface area contributed by atoms with Crippen molar-refractivity contribution < 1.29 is 23.2 Å². The van der Waals surface area contributed by atoms with Crippen molar-refractivity contribution in [1.82, 2.24) is 10.3 Å². The summed E-state index contributed by atoms with van der Waals surface area (Å²) in [5.41, 5.74) is 1.37. The molecule has 0 saturated heterocycles. The lowest BCUT2D eigenvalue weighted by atomic mass is 10.1. The Bertz CT molecular complexity index is 515. The molecule has 4 N–H and O–H groups in total. The van der Waals surface area contributed by atoms with Gasteiger partial charge in [-0.05, 0) is 6.92 Å². The van der Waals surface area contributed by atoms with Crippen LogP contribution >= 0.6 is 0 Å². The minimum Gasteiger partial charge on any atom is -0.506 e. The summed E-state index contributed by atoms with van der Waals surface area (Å²) in [5, 5.41) is 21.7. The van der Waals surface area contributed by atoms with Crippen LogP contribution in [0.5, 0.6) is 5.75 Å². The van der Waals surface area contributed by atoms with Gasteiger partial charge in [0.2, 0.25) is 0 Å². The summed E-state index contributed by atoms with van der Waals surface area (Å²) in [6.07, 6.45) is 1.45. The monoisotopic (exact) mass is 276 g/mol. The molecule has 0 aromatic carbocycles. The predicted octanol–water partition coefficient (Wildman–Crippen LogP) is -0.435. The molecule has 0 saturated carbocycles. The Balaban J connectivity index is 2.69. The van der Waals surface area contributed by atoms with Gasteiger partial charge in [-0.2, -0.15) is 8.42 Å². The second kappa shape index (κ2) is 6.10. The van der Waals surface area contributed by atoms with Crippen molar-refractivity contribution in [3.63, 3.8) is 0 Å². The number of rotatable bonds is 6.